The van der Waals surface area contributed by atoms with Gasteiger partial charge >= 0.3 is 6.09 Å². The number of amides is 2. The van der Waals surface area contributed by atoms with Gasteiger partial charge in [0, 0.05) is 19.1 Å². The molecule has 0 spiro atoms. The standard InChI is InChI=1S/C14H20ClN5O3/c1-7-17-10(15)9-11(18-7)16-6-8(12(21)19(9)5)20(13(22)23)14(2,3)4/h8H,6H2,1-5H3,(H,22,23)(H,16,17,18). The van der Waals surface area contributed by atoms with Crippen LogP contribution in [0.1, 0.15) is 26.6 Å². The van der Waals surface area contributed by atoms with Crippen LogP contribution in [0.2, 0.25) is 5.15 Å². The molecule has 2 N–H and O–H groups in total. The highest BCUT2D eigenvalue weighted by molar-refractivity contribution is 6.33. The Morgan fingerprint density at radius 1 is 1.43 bits per heavy atom. The number of hydrogen-bond acceptors (Lipinski definition) is 5. The van der Waals surface area contributed by atoms with Crippen molar-refractivity contribution in [2.75, 3.05) is 23.8 Å². The van der Waals surface area contributed by atoms with Crippen LogP contribution in [0.15, 0.2) is 0 Å². The van der Waals surface area contributed by atoms with E-state index in [1.165, 1.54) is 11.9 Å². The van der Waals surface area contributed by atoms with Crippen molar-refractivity contribution in [3.05, 3.63) is 11.0 Å². The number of hydrogen-bond donors (Lipinski definition) is 2. The monoisotopic (exact) mass is 341 g/mol. The second-order valence-corrected chi connectivity index (χ2v) is 6.73. The van der Waals surface area contributed by atoms with Crippen molar-refractivity contribution in [1.82, 2.24) is 14.9 Å². The third-order valence-corrected chi connectivity index (χ3v) is 3.87. The summed E-state index contributed by atoms with van der Waals surface area (Å²) in [6.45, 7) is 7.01. The average molecular weight is 342 g/mol. The summed E-state index contributed by atoms with van der Waals surface area (Å²) >= 11 is 6.14. The van der Waals surface area contributed by atoms with Crippen molar-refractivity contribution >= 4 is 35.1 Å². The maximum Gasteiger partial charge on any atom is 0.408 e. The molecule has 1 atom stereocenters. The number of nitrogens with one attached hydrogen (secondary N) is 1. The first-order valence-corrected chi connectivity index (χ1v) is 7.49. The highest BCUT2D eigenvalue weighted by Gasteiger charge is 2.41. The molecule has 23 heavy (non-hydrogen) atoms. The summed E-state index contributed by atoms with van der Waals surface area (Å²) in [5.74, 6) is 0.495. The molecule has 1 aromatic rings. The number of carboxylic acid groups (broad SMARTS) is 1. The summed E-state index contributed by atoms with van der Waals surface area (Å²) in [5.41, 5.74) is -0.389. The second-order valence-electron chi connectivity index (χ2n) is 6.38. The van der Waals surface area contributed by atoms with Gasteiger partial charge in [-0.05, 0) is 27.7 Å². The summed E-state index contributed by atoms with van der Waals surface area (Å²) in [4.78, 5) is 35.2. The Morgan fingerprint density at radius 2 is 2.04 bits per heavy atom. The van der Waals surface area contributed by atoms with Gasteiger partial charge in [-0.15, -0.1) is 0 Å². The molecule has 0 aromatic carbocycles. The fraction of sp³-hybridized carbons (Fsp3) is 0.571. The molecule has 2 amide bonds. The SMILES string of the molecule is Cc1nc(Cl)c2c(n1)NCC(N(C(=O)O)C(C)(C)C)C(=O)N2C. The van der Waals surface area contributed by atoms with Gasteiger partial charge in [-0.2, -0.15) is 0 Å². The van der Waals surface area contributed by atoms with Crippen LogP contribution in [0.5, 0.6) is 0 Å². The Bertz CT molecular complexity index is 659. The van der Waals surface area contributed by atoms with Gasteiger partial charge in [-0.3, -0.25) is 9.69 Å². The molecule has 0 bridgehead atoms. The number of likely N-dealkylation sites (N-methyl/N-ethyl adjacent to an activating group) is 1. The maximum atomic E-state index is 12.8. The van der Waals surface area contributed by atoms with Gasteiger partial charge in [0.05, 0.1) is 0 Å². The summed E-state index contributed by atoms with van der Waals surface area (Å²) in [6, 6.07) is -0.900. The van der Waals surface area contributed by atoms with Crippen molar-refractivity contribution < 1.29 is 14.7 Å². The number of nitrogens with zero attached hydrogens (tertiary/aromatic N) is 4. The zero-order valence-corrected chi connectivity index (χ0v) is 14.5. The lowest BCUT2D eigenvalue weighted by Crippen LogP contribution is -2.58. The molecule has 9 heteroatoms. The molecule has 0 saturated heterocycles. The third kappa shape index (κ3) is 3.17. The summed E-state index contributed by atoms with van der Waals surface area (Å²) in [6.07, 6.45) is -1.16. The summed E-state index contributed by atoms with van der Waals surface area (Å²) in [5, 5.41) is 12.7. The highest BCUT2D eigenvalue weighted by Crippen LogP contribution is 2.34. The first kappa shape index (κ1) is 17.3. The predicted octanol–water partition coefficient (Wildman–Crippen LogP) is 1.97. The number of anilines is 2. The van der Waals surface area contributed by atoms with Crippen molar-refractivity contribution in [1.29, 1.82) is 0 Å². The Labute approximate surface area is 139 Å². The minimum Gasteiger partial charge on any atom is -0.465 e. The van der Waals surface area contributed by atoms with Crippen LogP contribution in [0.4, 0.5) is 16.3 Å². The molecule has 0 saturated carbocycles. The first-order chi connectivity index (χ1) is 10.5. The quantitative estimate of drug-likeness (QED) is 0.758. The van der Waals surface area contributed by atoms with Crippen LogP contribution in [0.25, 0.3) is 0 Å². The van der Waals surface area contributed by atoms with Crippen molar-refractivity contribution in [2.45, 2.75) is 39.3 Å². The van der Waals surface area contributed by atoms with Crippen molar-refractivity contribution in [3.8, 4) is 0 Å². The minimum atomic E-state index is -1.16. The molecular formula is C14H20ClN5O3. The molecule has 1 aliphatic heterocycles. The van der Waals surface area contributed by atoms with Crippen LogP contribution in [-0.2, 0) is 4.79 Å². The smallest absolute Gasteiger partial charge is 0.408 e. The molecule has 0 fully saturated rings. The number of aromatic nitrogens is 2. The van der Waals surface area contributed by atoms with Gasteiger partial charge in [-0.25, -0.2) is 14.8 Å². The molecule has 2 heterocycles. The van der Waals surface area contributed by atoms with Crippen LogP contribution in [0.3, 0.4) is 0 Å². The van der Waals surface area contributed by atoms with E-state index in [0.717, 1.165) is 4.90 Å². The molecule has 0 radical (unpaired) electrons. The molecular weight excluding hydrogens is 322 g/mol. The zero-order valence-electron chi connectivity index (χ0n) is 13.7. The van der Waals surface area contributed by atoms with E-state index in [1.807, 2.05) is 0 Å². The largest absolute Gasteiger partial charge is 0.465 e. The van der Waals surface area contributed by atoms with E-state index < -0.39 is 17.7 Å². The van der Waals surface area contributed by atoms with Crippen LogP contribution < -0.4 is 10.2 Å². The first-order valence-electron chi connectivity index (χ1n) is 7.12. The molecule has 126 valence electrons. The van der Waals surface area contributed by atoms with E-state index >= 15 is 0 Å². The second kappa shape index (κ2) is 5.84. The van der Waals surface area contributed by atoms with Gasteiger partial charge < -0.3 is 15.3 Å². The lowest BCUT2D eigenvalue weighted by atomic mass is 10.0. The van der Waals surface area contributed by atoms with Gasteiger partial charge in [0.2, 0.25) is 0 Å². The molecule has 1 aliphatic rings. The molecule has 1 unspecified atom stereocenters. The Hall–Kier alpha value is -2.09. The van der Waals surface area contributed by atoms with E-state index in [9.17, 15) is 14.7 Å². The predicted molar refractivity (Wildman–Crippen MR) is 87.1 cm³/mol. The number of aryl methyl sites for hydroxylation is 1. The molecule has 8 nitrogen and oxygen atoms in total. The number of carbonyl (C=O) groups is 2. The van der Waals surface area contributed by atoms with Gasteiger partial charge in [0.1, 0.15) is 17.6 Å². The molecule has 2 rings (SSSR count). The lowest BCUT2D eigenvalue weighted by molar-refractivity contribution is -0.124. The number of carbonyl (C=O) groups excluding carboxylic acids is 1. The normalized spacial score (nSPS) is 18.1. The zero-order chi connectivity index (χ0) is 17.5. The maximum absolute atomic E-state index is 12.8. The van der Waals surface area contributed by atoms with E-state index in [1.54, 1.807) is 27.7 Å². The van der Waals surface area contributed by atoms with Crippen LogP contribution in [-0.4, -0.2) is 57.1 Å². The van der Waals surface area contributed by atoms with E-state index in [0.29, 0.717) is 17.3 Å². The lowest BCUT2D eigenvalue weighted by Gasteiger charge is -2.39. The Kier molecular flexibility index (Phi) is 4.39. The fourth-order valence-corrected chi connectivity index (χ4v) is 3.00. The number of rotatable bonds is 1. The fourth-order valence-electron chi connectivity index (χ4n) is 2.66. The van der Waals surface area contributed by atoms with Crippen molar-refractivity contribution in [3.63, 3.8) is 0 Å². The van der Waals surface area contributed by atoms with Crippen LogP contribution in [0, 0.1) is 6.92 Å². The Balaban J connectivity index is 2.49. The minimum absolute atomic E-state index is 0.104. The van der Waals surface area contributed by atoms with E-state index in [-0.39, 0.29) is 17.6 Å². The third-order valence-electron chi connectivity index (χ3n) is 3.61. The number of fused-ring (bicyclic) bond motifs is 1. The summed E-state index contributed by atoms with van der Waals surface area (Å²) < 4.78 is 0. The van der Waals surface area contributed by atoms with Gasteiger partial charge in [0.15, 0.2) is 11.0 Å². The number of halogens is 1. The molecule has 1 aromatic heterocycles. The van der Waals surface area contributed by atoms with Gasteiger partial charge in [0.25, 0.3) is 5.91 Å². The molecule has 0 aliphatic carbocycles. The Morgan fingerprint density at radius 3 is 2.57 bits per heavy atom. The topological polar surface area (TPSA) is 98.7 Å². The average Bonchev–Trinajstić information content (AvgIpc) is 2.49. The van der Waals surface area contributed by atoms with Crippen molar-refractivity contribution in [2.24, 2.45) is 0 Å². The van der Waals surface area contributed by atoms with E-state index in [2.05, 4.69) is 15.3 Å². The van der Waals surface area contributed by atoms with E-state index in [4.69, 9.17) is 11.6 Å². The highest BCUT2D eigenvalue weighted by atomic mass is 35.5. The van der Waals surface area contributed by atoms with Gasteiger partial charge in [-0.1, -0.05) is 11.6 Å². The summed E-state index contributed by atoms with van der Waals surface area (Å²) in [7, 11) is 1.54. The van der Waals surface area contributed by atoms with Crippen LogP contribution >= 0.6 is 11.6 Å².